The van der Waals surface area contributed by atoms with Crippen molar-refractivity contribution in [3.8, 4) is 0 Å². The van der Waals surface area contributed by atoms with E-state index in [1.54, 1.807) is 18.3 Å². The zero-order valence-electron chi connectivity index (χ0n) is 10.9. The number of thiazole rings is 1. The summed E-state index contributed by atoms with van der Waals surface area (Å²) in [5.74, 6) is 0.0425. The molecule has 1 aliphatic rings. The van der Waals surface area contributed by atoms with Gasteiger partial charge in [-0.2, -0.15) is 0 Å². The number of anilines is 1. The van der Waals surface area contributed by atoms with Crippen molar-refractivity contribution in [3.63, 3.8) is 0 Å². The van der Waals surface area contributed by atoms with E-state index in [0.29, 0.717) is 5.69 Å². The number of aromatic nitrogens is 1. The van der Waals surface area contributed by atoms with E-state index in [1.165, 1.54) is 0 Å². The van der Waals surface area contributed by atoms with E-state index in [9.17, 15) is 4.79 Å². The summed E-state index contributed by atoms with van der Waals surface area (Å²) >= 11 is 1.56. The second-order valence-corrected chi connectivity index (χ2v) is 6.06. The Bertz CT molecular complexity index is 427. The molecule has 2 rings (SSSR count). The van der Waals surface area contributed by atoms with E-state index in [1.807, 2.05) is 5.38 Å². The second kappa shape index (κ2) is 4.38. The zero-order chi connectivity index (χ0) is 12.6. The quantitative estimate of drug-likeness (QED) is 0.754. The fourth-order valence-electron chi connectivity index (χ4n) is 1.97. The smallest absolute Gasteiger partial charge is 0.186 e. The molecule has 1 aromatic heterocycles. The van der Waals surface area contributed by atoms with Gasteiger partial charge < -0.3 is 4.90 Å². The van der Waals surface area contributed by atoms with Crippen LogP contribution in [0.15, 0.2) is 5.38 Å². The lowest BCUT2D eigenvalue weighted by molar-refractivity contribution is 0.101. The third-order valence-electron chi connectivity index (χ3n) is 3.44. The number of hydrogen-bond donors (Lipinski definition) is 0. The number of ketones is 1. The lowest BCUT2D eigenvalue weighted by atomic mass is 10.0. The Labute approximate surface area is 106 Å². The Morgan fingerprint density at radius 1 is 1.47 bits per heavy atom. The van der Waals surface area contributed by atoms with Crippen molar-refractivity contribution >= 4 is 22.3 Å². The fraction of sp³-hybridized carbons (Fsp3) is 0.667. The summed E-state index contributed by atoms with van der Waals surface area (Å²) in [6.07, 6.45) is 0. The molecule has 2 heterocycles. The molecule has 1 aliphatic heterocycles. The van der Waals surface area contributed by atoms with Crippen molar-refractivity contribution in [2.24, 2.45) is 0 Å². The van der Waals surface area contributed by atoms with E-state index < -0.39 is 0 Å². The van der Waals surface area contributed by atoms with Gasteiger partial charge in [0.2, 0.25) is 0 Å². The Morgan fingerprint density at radius 2 is 2.18 bits per heavy atom. The molecule has 0 atom stereocenters. The van der Waals surface area contributed by atoms with E-state index in [4.69, 9.17) is 0 Å². The van der Waals surface area contributed by atoms with Crippen molar-refractivity contribution in [1.82, 2.24) is 9.88 Å². The average Bonchev–Trinajstić information content (AvgIpc) is 2.71. The number of carbonyl (C=O) groups excluding carboxylic acids is 1. The summed E-state index contributed by atoms with van der Waals surface area (Å²) in [7, 11) is 2.15. The highest BCUT2D eigenvalue weighted by Crippen LogP contribution is 2.27. The third kappa shape index (κ3) is 2.50. The normalized spacial score (nSPS) is 20.6. The van der Waals surface area contributed by atoms with Crippen molar-refractivity contribution in [2.75, 3.05) is 31.6 Å². The summed E-state index contributed by atoms with van der Waals surface area (Å²) < 4.78 is 0. The van der Waals surface area contributed by atoms with Crippen molar-refractivity contribution in [2.45, 2.75) is 26.3 Å². The molecule has 94 valence electrons. The lowest BCUT2D eigenvalue weighted by Gasteiger charge is -2.45. The minimum atomic E-state index is 0.0425. The molecule has 17 heavy (non-hydrogen) atoms. The number of likely N-dealkylation sites (N-methyl/N-ethyl adjacent to an activating group) is 1. The van der Waals surface area contributed by atoms with Gasteiger partial charge in [0, 0.05) is 37.5 Å². The number of nitrogens with zero attached hydrogens (tertiary/aromatic N) is 3. The van der Waals surface area contributed by atoms with Crippen molar-refractivity contribution in [1.29, 1.82) is 0 Å². The van der Waals surface area contributed by atoms with Crippen LogP contribution in [0.4, 0.5) is 5.13 Å². The van der Waals surface area contributed by atoms with Crippen LogP contribution in [0.1, 0.15) is 31.3 Å². The minimum Gasteiger partial charge on any atom is -0.345 e. The van der Waals surface area contributed by atoms with Crippen molar-refractivity contribution < 1.29 is 4.79 Å². The van der Waals surface area contributed by atoms with Gasteiger partial charge in [-0.1, -0.05) is 0 Å². The molecule has 1 fully saturated rings. The first kappa shape index (κ1) is 12.5. The third-order valence-corrected chi connectivity index (χ3v) is 4.34. The topological polar surface area (TPSA) is 36.4 Å². The Hall–Kier alpha value is -0.940. The average molecular weight is 253 g/mol. The van der Waals surface area contributed by atoms with Crippen LogP contribution in [-0.4, -0.2) is 47.9 Å². The molecule has 0 spiro atoms. The standard InChI is InChI=1S/C12H19N3OS/c1-9(16)10-7-17-11(13-10)15-6-5-14(4)12(2,3)8-15/h7H,5-6,8H2,1-4H3. The van der Waals surface area contributed by atoms with Gasteiger partial charge >= 0.3 is 0 Å². The lowest BCUT2D eigenvalue weighted by Crippen LogP contribution is -2.57. The maximum atomic E-state index is 11.2. The van der Waals surface area contributed by atoms with Crippen LogP contribution < -0.4 is 4.90 Å². The number of rotatable bonds is 2. The molecule has 5 heteroatoms. The first-order chi connectivity index (χ1) is 7.90. The highest BCUT2D eigenvalue weighted by Gasteiger charge is 2.32. The van der Waals surface area contributed by atoms with Crippen LogP contribution in [0.2, 0.25) is 0 Å². The summed E-state index contributed by atoms with van der Waals surface area (Å²) in [4.78, 5) is 20.3. The first-order valence-corrected chi connectivity index (χ1v) is 6.71. The van der Waals surface area contributed by atoms with Gasteiger partial charge in [-0.25, -0.2) is 4.98 Å². The number of hydrogen-bond acceptors (Lipinski definition) is 5. The molecule has 0 bridgehead atoms. The molecule has 0 radical (unpaired) electrons. The largest absolute Gasteiger partial charge is 0.345 e. The first-order valence-electron chi connectivity index (χ1n) is 5.83. The summed E-state index contributed by atoms with van der Waals surface area (Å²) in [6.45, 7) is 8.99. The van der Waals surface area contributed by atoms with Gasteiger partial charge in [0.05, 0.1) is 0 Å². The van der Waals surface area contributed by atoms with Crippen molar-refractivity contribution in [3.05, 3.63) is 11.1 Å². The Kier molecular flexibility index (Phi) is 3.23. The molecule has 0 aliphatic carbocycles. The molecule has 4 nitrogen and oxygen atoms in total. The highest BCUT2D eigenvalue weighted by molar-refractivity contribution is 7.13. The predicted octanol–water partition coefficient (Wildman–Crippen LogP) is 1.88. The van der Waals surface area contributed by atoms with Crippen LogP contribution >= 0.6 is 11.3 Å². The number of carbonyl (C=O) groups is 1. The van der Waals surface area contributed by atoms with Gasteiger partial charge in [-0.05, 0) is 20.9 Å². The monoisotopic (exact) mass is 253 g/mol. The molecule has 0 amide bonds. The van der Waals surface area contributed by atoms with E-state index in [0.717, 1.165) is 24.8 Å². The minimum absolute atomic E-state index is 0.0425. The molecular formula is C12H19N3OS. The van der Waals surface area contributed by atoms with Gasteiger partial charge in [0.1, 0.15) is 5.69 Å². The predicted molar refractivity (Wildman–Crippen MR) is 71.0 cm³/mol. The van der Waals surface area contributed by atoms with Crippen LogP contribution in [0.5, 0.6) is 0 Å². The summed E-state index contributed by atoms with van der Waals surface area (Å²) in [5, 5.41) is 2.82. The second-order valence-electron chi connectivity index (χ2n) is 5.23. The molecule has 0 N–H and O–H groups in total. The summed E-state index contributed by atoms with van der Waals surface area (Å²) in [6, 6.07) is 0. The maximum Gasteiger partial charge on any atom is 0.186 e. The van der Waals surface area contributed by atoms with Gasteiger partial charge in [-0.3, -0.25) is 9.69 Å². The number of piperazine rings is 1. The number of Topliss-reactive ketones (excluding diaryl/α,β-unsaturated/α-hetero) is 1. The SMILES string of the molecule is CC(=O)c1csc(N2CCN(C)C(C)(C)C2)n1. The Morgan fingerprint density at radius 3 is 2.71 bits per heavy atom. The zero-order valence-corrected chi connectivity index (χ0v) is 11.7. The van der Waals surface area contributed by atoms with E-state index in [2.05, 4.69) is 35.7 Å². The Balaban J connectivity index is 2.15. The molecular weight excluding hydrogens is 234 g/mol. The highest BCUT2D eigenvalue weighted by atomic mass is 32.1. The fourth-order valence-corrected chi connectivity index (χ4v) is 2.87. The van der Waals surface area contributed by atoms with E-state index in [-0.39, 0.29) is 11.3 Å². The summed E-state index contributed by atoms with van der Waals surface area (Å²) in [5.41, 5.74) is 0.738. The van der Waals surface area contributed by atoms with Gasteiger partial charge in [0.25, 0.3) is 0 Å². The molecule has 0 unspecified atom stereocenters. The molecule has 0 aromatic carbocycles. The molecule has 0 saturated carbocycles. The van der Waals surface area contributed by atoms with Gasteiger partial charge in [0.15, 0.2) is 10.9 Å². The van der Waals surface area contributed by atoms with Crippen LogP contribution in [0.3, 0.4) is 0 Å². The molecule has 1 saturated heterocycles. The van der Waals surface area contributed by atoms with E-state index >= 15 is 0 Å². The van der Waals surface area contributed by atoms with Crippen LogP contribution in [0.25, 0.3) is 0 Å². The van der Waals surface area contributed by atoms with Gasteiger partial charge in [-0.15, -0.1) is 11.3 Å². The molecule has 1 aromatic rings. The van der Waals surface area contributed by atoms with Crippen LogP contribution in [0, 0.1) is 0 Å². The van der Waals surface area contributed by atoms with Crippen LogP contribution in [-0.2, 0) is 0 Å². The maximum absolute atomic E-state index is 11.2.